The molecule has 7 heteroatoms. The quantitative estimate of drug-likeness (QED) is 0.730. The van der Waals surface area contributed by atoms with E-state index in [0.29, 0.717) is 26.3 Å². The van der Waals surface area contributed by atoms with Crippen molar-refractivity contribution >= 4 is 21.8 Å². The van der Waals surface area contributed by atoms with Crippen molar-refractivity contribution in [1.29, 1.82) is 0 Å². The van der Waals surface area contributed by atoms with Crippen LogP contribution in [0.15, 0.2) is 0 Å². The van der Waals surface area contributed by atoms with E-state index in [1.54, 1.807) is 13.8 Å². The Morgan fingerprint density at radius 3 is 2.40 bits per heavy atom. The van der Waals surface area contributed by atoms with Gasteiger partial charge < -0.3 is 4.74 Å². The highest BCUT2D eigenvalue weighted by atomic mass is 35.5. The van der Waals surface area contributed by atoms with Crippen molar-refractivity contribution in [2.75, 3.05) is 32.2 Å². The Morgan fingerprint density at radius 1 is 1.40 bits per heavy atom. The second kappa shape index (κ2) is 4.97. The molecule has 15 heavy (non-hydrogen) atoms. The Bertz CT molecular complexity index is 299. The molecule has 0 spiro atoms. The third kappa shape index (κ3) is 3.88. The molecule has 1 rings (SSSR count). The molecule has 0 aromatic heterocycles. The zero-order valence-corrected chi connectivity index (χ0v) is 10.6. The Kier molecular flexibility index (Phi) is 4.37. The molecule has 1 fully saturated rings. The van der Waals surface area contributed by atoms with Crippen molar-refractivity contribution < 1.29 is 13.2 Å². The zero-order chi connectivity index (χ0) is 11.5. The predicted octanol–water partition coefficient (Wildman–Crippen LogP) is 0.170. The summed E-state index contributed by atoms with van der Waals surface area (Å²) >= 11 is 5.67. The van der Waals surface area contributed by atoms with Gasteiger partial charge in [-0.3, -0.25) is 0 Å². The van der Waals surface area contributed by atoms with Crippen LogP contribution >= 0.6 is 11.6 Å². The molecule has 1 aliphatic heterocycles. The molecule has 0 bridgehead atoms. The maximum Gasteiger partial charge on any atom is 0.280 e. The lowest BCUT2D eigenvalue weighted by atomic mass is 10.1. The van der Waals surface area contributed by atoms with Gasteiger partial charge in [0, 0.05) is 24.5 Å². The normalized spacial score (nSPS) is 20.5. The van der Waals surface area contributed by atoms with Crippen molar-refractivity contribution in [2.24, 2.45) is 0 Å². The number of morpholine rings is 1. The molecule has 1 N–H and O–H groups in total. The van der Waals surface area contributed by atoms with Crippen molar-refractivity contribution in [3.8, 4) is 0 Å². The molecule has 0 unspecified atom stereocenters. The van der Waals surface area contributed by atoms with Gasteiger partial charge in [-0.2, -0.15) is 17.4 Å². The largest absolute Gasteiger partial charge is 0.379 e. The van der Waals surface area contributed by atoms with Gasteiger partial charge >= 0.3 is 0 Å². The van der Waals surface area contributed by atoms with Crippen LogP contribution < -0.4 is 4.72 Å². The molecule has 90 valence electrons. The number of hydrogen-bond acceptors (Lipinski definition) is 3. The molecule has 0 aliphatic carbocycles. The number of rotatable bonds is 4. The van der Waals surface area contributed by atoms with Crippen LogP contribution in [-0.2, 0) is 14.9 Å². The summed E-state index contributed by atoms with van der Waals surface area (Å²) < 4.78 is 32.8. The molecule has 1 saturated heterocycles. The Hall–Kier alpha value is 0.120. The summed E-state index contributed by atoms with van der Waals surface area (Å²) in [6.45, 7) is 5.18. The maximum absolute atomic E-state index is 11.9. The van der Waals surface area contributed by atoms with Crippen LogP contribution in [0.3, 0.4) is 0 Å². The second-order valence-corrected chi connectivity index (χ2v) is 6.07. The molecule has 0 radical (unpaired) electrons. The number of hydrogen-bond donors (Lipinski definition) is 1. The van der Waals surface area contributed by atoms with Gasteiger partial charge in [0.1, 0.15) is 0 Å². The average Bonchev–Trinajstić information content (AvgIpc) is 2.18. The van der Waals surface area contributed by atoms with E-state index in [1.165, 1.54) is 4.31 Å². The van der Waals surface area contributed by atoms with Crippen LogP contribution in [0.25, 0.3) is 0 Å². The predicted molar refractivity (Wildman–Crippen MR) is 59.2 cm³/mol. The number of ether oxygens (including phenoxy) is 1. The molecular weight excluding hydrogens is 240 g/mol. The minimum Gasteiger partial charge on any atom is -0.379 e. The Morgan fingerprint density at radius 2 is 1.93 bits per heavy atom. The van der Waals surface area contributed by atoms with E-state index >= 15 is 0 Å². The molecule has 0 aromatic carbocycles. The SMILES string of the molecule is CC(C)(CCl)NS(=O)(=O)N1CCOCC1. The molecule has 1 aliphatic rings. The summed E-state index contributed by atoms with van der Waals surface area (Å²) in [4.78, 5) is 0. The van der Waals surface area contributed by atoms with E-state index in [1.807, 2.05) is 0 Å². The number of nitrogens with one attached hydrogen (secondary N) is 1. The number of alkyl halides is 1. The lowest BCUT2D eigenvalue weighted by Gasteiger charge is -2.31. The van der Waals surface area contributed by atoms with Crippen LogP contribution in [0.1, 0.15) is 13.8 Å². The molecule has 0 amide bonds. The summed E-state index contributed by atoms with van der Waals surface area (Å²) in [6.07, 6.45) is 0. The minimum atomic E-state index is -3.43. The summed E-state index contributed by atoms with van der Waals surface area (Å²) in [6, 6.07) is 0. The zero-order valence-electron chi connectivity index (χ0n) is 8.99. The van der Waals surface area contributed by atoms with E-state index in [9.17, 15) is 8.42 Å². The first-order valence-electron chi connectivity index (χ1n) is 4.80. The van der Waals surface area contributed by atoms with Gasteiger partial charge in [0.05, 0.1) is 13.2 Å². The van der Waals surface area contributed by atoms with Gasteiger partial charge in [0.15, 0.2) is 0 Å². The smallest absolute Gasteiger partial charge is 0.280 e. The van der Waals surface area contributed by atoms with Crippen molar-refractivity contribution in [2.45, 2.75) is 19.4 Å². The van der Waals surface area contributed by atoms with Gasteiger partial charge in [0.2, 0.25) is 0 Å². The van der Waals surface area contributed by atoms with Crippen LogP contribution in [-0.4, -0.2) is 50.4 Å². The lowest BCUT2D eigenvalue weighted by Crippen LogP contribution is -2.53. The fourth-order valence-corrected chi connectivity index (χ4v) is 2.90. The van der Waals surface area contributed by atoms with E-state index in [0.717, 1.165) is 0 Å². The summed E-state index contributed by atoms with van der Waals surface area (Å²) in [5, 5.41) is 0. The first-order valence-corrected chi connectivity index (χ1v) is 6.78. The van der Waals surface area contributed by atoms with Crippen molar-refractivity contribution in [3.63, 3.8) is 0 Å². The molecule has 0 saturated carbocycles. The molecule has 0 atom stereocenters. The number of nitrogens with zero attached hydrogens (tertiary/aromatic N) is 1. The van der Waals surface area contributed by atoms with E-state index in [4.69, 9.17) is 16.3 Å². The van der Waals surface area contributed by atoms with E-state index in [-0.39, 0.29) is 5.88 Å². The minimum absolute atomic E-state index is 0.233. The molecule has 5 nitrogen and oxygen atoms in total. The lowest BCUT2D eigenvalue weighted by molar-refractivity contribution is 0.0721. The van der Waals surface area contributed by atoms with Crippen molar-refractivity contribution in [1.82, 2.24) is 9.03 Å². The summed E-state index contributed by atoms with van der Waals surface area (Å²) in [7, 11) is -3.43. The second-order valence-electron chi connectivity index (χ2n) is 4.14. The number of halogens is 1. The van der Waals surface area contributed by atoms with Crippen LogP contribution in [0.2, 0.25) is 0 Å². The standard InChI is InChI=1S/C8H17ClN2O3S/c1-8(2,7-9)10-15(12,13)11-3-5-14-6-4-11/h10H,3-7H2,1-2H3. The van der Waals surface area contributed by atoms with Gasteiger partial charge in [-0.1, -0.05) is 0 Å². The highest BCUT2D eigenvalue weighted by Crippen LogP contribution is 2.10. The maximum atomic E-state index is 11.9. The van der Waals surface area contributed by atoms with E-state index in [2.05, 4.69) is 4.72 Å². The first-order chi connectivity index (χ1) is 6.87. The molecule has 1 heterocycles. The van der Waals surface area contributed by atoms with Gasteiger partial charge in [-0.25, -0.2) is 0 Å². The highest BCUT2D eigenvalue weighted by molar-refractivity contribution is 7.87. The summed E-state index contributed by atoms with van der Waals surface area (Å²) in [5.74, 6) is 0.233. The third-order valence-corrected chi connectivity index (χ3v) is 4.57. The first kappa shape index (κ1) is 13.2. The Labute approximate surface area is 95.9 Å². The van der Waals surface area contributed by atoms with E-state index < -0.39 is 15.7 Å². The fraction of sp³-hybridized carbons (Fsp3) is 1.00. The van der Waals surface area contributed by atoms with Crippen LogP contribution in [0, 0.1) is 0 Å². The fourth-order valence-electron chi connectivity index (χ4n) is 1.23. The van der Waals surface area contributed by atoms with Crippen LogP contribution in [0.5, 0.6) is 0 Å². The van der Waals surface area contributed by atoms with Gasteiger partial charge in [-0.05, 0) is 13.8 Å². The topological polar surface area (TPSA) is 58.6 Å². The monoisotopic (exact) mass is 256 g/mol. The highest BCUT2D eigenvalue weighted by Gasteiger charge is 2.30. The average molecular weight is 257 g/mol. The Balaban J connectivity index is 2.65. The van der Waals surface area contributed by atoms with Crippen molar-refractivity contribution in [3.05, 3.63) is 0 Å². The van der Waals surface area contributed by atoms with Gasteiger partial charge in [-0.15, -0.1) is 11.6 Å². The third-order valence-electron chi connectivity index (χ3n) is 2.05. The van der Waals surface area contributed by atoms with Crippen LogP contribution in [0.4, 0.5) is 0 Å². The molecular formula is C8H17ClN2O3S. The molecule has 0 aromatic rings. The summed E-state index contributed by atoms with van der Waals surface area (Å²) in [5.41, 5.74) is -0.626. The van der Waals surface area contributed by atoms with Gasteiger partial charge in [0.25, 0.3) is 10.2 Å².